The number of aromatic amines is 1. The van der Waals surface area contributed by atoms with Gasteiger partial charge < -0.3 is 30.1 Å². The highest BCUT2D eigenvalue weighted by Crippen LogP contribution is 2.43. The molecule has 0 aliphatic carbocycles. The zero-order valence-electron chi connectivity index (χ0n) is 27.2. The molecule has 3 unspecified atom stereocenters. The zero-order valence-corrected chi connectivity index (χ0v) is 28.1. The molecule has 6 N–H and O–H groups in total. The Balaban J connectivity index is 1.44. The van der Waals surface area contributed by atoms with Crippen molar-refractivity contribution in [1.29, 1.82) is 0 Å². The largest absolute Gasteiger partial charge is 0.472 e. The van der Waals surface area contributed by atoms with Gasteiger partial charge in [-0.1, -0.05) is 103 Å². The number of nitrogens with zero attached hydrogens (tertiary/aromatic N) is 3. The average Bonchev–Trinajstić information content (AvgIpc) is 3.42. The summed E-state index contributed by atoms with van der Waals surface area (Å²) in [5.41, 5.74) is 5.59. The third kappa shape index (κ3) is 17.6. The van der Waals surface area contributed by atoms with Crippen molar-refractivity contribution in [3.63, 3.8) is 0 Å². The summed E-state index contributed by atoms with van der Waals surface area (Å²) in [6, 6.07) is 0. The summed E-state index contributed by atoms with van der Waals surface area (Å²) < 4.78 is 29.3. The number of hydrogen-bond acceptors (Lipinski definition) is 10. The number of ether oxygens (including phenoxy) is 1. The third-order valence-corrected chi connectivity index (χ3v) is 8.84. The number of aryl methyl sites for hydroxylation is 1. The number of aromatic nitrogens is 4. The SMILES string of the molecule is CCCCCCCCCCCCCCCCCCOCC(O)COP(=O)(O)OCC(CO)CCn1cnc2c(=O)[nH]c(N)nc21. The molecule has 2 aromatic heterocycles. The van der Waals surface area contributed by atoms with E-state index in [0.29, 0.717) is 25.2 Å². The van der Waals surface area contributed by atoms with Crippen molar-refractivity contribution in [1.82, 2.24) is 19.5 Å². The number of nitrogen functional groups attached to an aromatic ring is 1. The molecule has 2 aromatic rings. The molecule has 0 saturated carbocycles. The maximum Gasteiger partial charge on any atom is 0.472 e. The van der Waals surface area contributed by atoms with E-state index in [1.54, 1.807) is 4.57 Å². The van der Waals surface area contributed by atoms with Gasteiger partial charge in [-0.2, -0.15) is 4.98 Å². The molecule has 45 heavy (non-hydrogen) atoms. The number of phosphoric ester groups is 1. The van der Waals surface area contributed by atoms with Crippen molar-refractivity contribution >= 4 is 24.9 Å². The number of hydrogen-bond donors (Lipinski definition) is 5. The molecule has 0 amide bonds. The Hall–Kier alpha value is -1.86. The van der Waals surface area contributed by atoms with Gasteiger partial charge in [-0.25, -0.2) is 9.55 Å². The van der Waals surface area contributed by atoms with Gasteiger partial charge in [0, 0.05) is 25.7 Å². The Morgan fingerprint density at radius 3 is 2.04 bits per heavy atom. The fraction of sp³-hybridized carbons (Fsp3) is 0.839. The standard InChI is InChI=1S/C31H58N5O8P/c1-2-3-4-5-6-7-8-9-10-11-12-13-14-15-16-17-20-42-23-27(38)24-44-45(40,41)43-22-26(21-37)18-19-36-25-33-28-29(36)34-31(32)35-30(28)39/h25-27,37-38H,2-24H2,1H3,(H,40,41)(H3,32,34,35,39). The molecule has 0 fully saturated rings. The number of nitrogens with one attached hydrogen (secondary N) is 1. The first-order chi connectivity index (χ1) is 21.8. The molecule has 0 bridgehead atoms. The van der Waals surface area contributed by atoms with Gasteiger partial charge in [0.05, 0.1) is 26.1 Å². The second-order valence-corrected chi connectivity index (χ2v) is 13.4. The molecule has 0 spiro atoms. The topological polar surface area (TPSA) is 195 Å². The Bertz CT molecular complexity index is 1150. The molecular weight excluding hydrogens is 601 g/mol. The van der Waals surface area contributed by atoms with Gasteiger partial charge in [0.2, 0.25) is 5.95 Å². The van der Waals surface area contributed by atoms with Gasteiger partial charge >= 0.3 is 7.82 Å². The lowest BCUT2D eigenvalue weighted by Crippen LogP contribution is -2.22. The predicted octanol–water partition coefficient (Wildman–Crippen LogP) is 5.47. The molecule has 0 radical (unpaired) electrons. The van der Waals surface area contributed by atoms with E-state index in [2.05, 4.69) is 21.9 Å². The van der Waals surface area contributed by atoms with E-state index in [-0.39, 0.29) is 31.3 Å². The van der Waals surface area contributed by atoms with Gasteiger partial charge in [-0.15, -0.1) is 0 Å². The molecule has 0 aliphatic rings. The zero-order chi connectivity index (χ0) is 32.8. The summed E-state index contributed by atoms with van der Waals surface area (Å²) in [6.45, 7) is 2.11. The second-order valence-electron chi connectivity index (χ2n) is 12.0. The lowest BCUT2D eigenvalue weighted by molar-refractivity contribution is 0.000424. The van der Waals surface area contributed by atoms with Crippen LogP contribution in [0.3, 0.4) is 0 Å². The fourth-order valence-electron chi connectivity index (χ4n) is 5.12. The van der Waals surface area contributed by atoms with E-state index in [1.807, 2.05) is 0 Å². The first kappa shape index (κ1) is 39.3. The summed E-state index contributed by atoms with van der Waals surface area (Å²) >= 11 is 0. The molecule has 0 aliphatic heterocycles. The van der Waals surface area contributed by atoms with Crippen LogP contribution in [0.2, 0.25) is 0 Å². The van der Waals surface area contributed by atoms with Crippen molar-refractivity contribution in [2.24, 2.45) is 5.92 Å². The van der Waals surface area contributed by atoms with Crippen molar-refractivity contribution in [2.45, 2.75) is 129 Å². The molecule has 2 rings (SSSR count). The smallest absolute Gasteiger partial charge is 0.396 e. The van der Waals surface area contributed by atoms with E-state index in [9.17, 15) is 24.5 Å². The van der Waals surface area contributed by atoms with Gasteiger partial charge in [-0.3, -0.25) is 18.8 Å². The number of rotatable bonds is 29. The summed E-state index contributed by atoms with van der Waals surface area (Å²) in [5.74, 6) is -0.540. The molecule has 2 heterocycles. The molecule has 0 saturated heterocycles. The Kier molecular flexibility index (Phi) is 20.5. The number of nitrogens with two attached hydrogens (primary N) is 1. The van der Waals surface area contributed by atoms with Gasteiger partial charge in [-0.05, 0) is 12.8 Å². The minimum Gasteiger partial charge on any atom is -0.396 e. The van der Waals surface area contributed by atoms with Crippen LogP contribution in [0, 0.1) is 5.92 Å². The number of aliphatic hydroxyl groups excluding tert-OH is 2. The van der Waals surface area contributed by atoms with Crippen molar-refractivity contribution in [3.05, 3.63) is 16.7 Å². The number of H-pyrrole nitrogens is 1. The van der Waals surface area contributed by atoms with Crippen molar-refractivity contribution in [2.75, 3.05) is 38.8 Å². The van der Waals surface area contributed by atoms with Crippen LogP contribution in [0.4, 0.5) is 5.95 Å². The highest BCUT2D eigenvalue weighted by atomic mass is 31.2. The molecule has 260 valence electrons. The number of phosphoric acid groups is 1. The van der Waals surface area contributed by atoms with E-state index < -0.39 is 32.0 Å². The van der Waals surface area contributed by atoms with Crippen LogP contribution >= 0.6 is 7.82 Å². The lowest BCUT2D eigenvalue weighted by Gasteiger charge is -2.19. The number of anilines is 1. The Morgan fingerprint density at radius 1 is 0.911 bits per heavy atom. The minimum absolute atomic E-state index is 0.00173. The summed E-state index contributed by atoms with van der Waals surface area (Å²) in [4.78, 5) is 32.4. The fourth-order valence-corrected chi connectivity index (χ4v) is 5.95. The van der Waals surface area contributed by atoms with E-state index in [0.717, 1.165) is 12.8 Å². The molecular formula is C31H58N5O8P. The Labute approximate surface area is 267 Å². The third-order valence-electron chi connectivity index (χ3n) is 7.89. The normalized spacial score (nSPS) is 14.6. The lowest BCUT2D eigenvalue weighted by atomic mass is 10.0. The summed E-state index contributed by atoms with van der Waals surface area (Å²) in [6.07, 6.45) is 21.5. The van der Waals surface area contributed by atoms with Crippen LogP contribution in [0.1, 0.15) is 116 Å². The van der Waals surface area contributed by atoms with Crippen LogP contribution in [-0.2, 0) is 24.9 Å². The number of unbranched alkanes of at least 4 members (excludes halogenated alkanes) is 15. The maximum atomic E-state index is 12.3. The first-order valence-corrected chi connectivity index (χ1v) is 18.4. The van der Waals surface area contributed by atoms with Crippen LogP contribution < -0.4 is 11.3 Å². The van der Waals surface area contributed by atoms with Crippen LogP contribution in [0.5, 0.6) is 0 Å². The molecule has 13 nitrogen and oxygen atoms in total. The van der Waals surface area contributed by atoms with Crippen LogP contribution in [0.15, 0.2) is 11.1 Å². The quantitative estimate of drug-likeness (QED) is 0.0549. The van der Waals surface area contributed by atoms with Gasteiger partial charge in [0.25, 0.3) is 5.56 Å². The van der Waals surface area contributed by atoms with Crippen LogP contribution in [-0.4, -0.2) is 73.8 Å². The Morgan fingerprint density at radius 2 is 1.47 bits per heavy atom. The van der Waals surface area contributed by atoms with Crippen LogP contribution in [0.25, 0.3) is 11.2 Å². The number of aliphatic hydroxyl groups is 2. The van der Waals surface area contributed by atoms with Gasteiger partial charge in [0.15, 0.2) is 11.2 Å². The predicted molar refractivity (Wildman–Crippen MR) is 176 cm³/mol. The highest BCUT2D eigenvalue weighted by Gasteiger charge is 2.25. The maximum absolute atomic E-state index is 12.3. The molecule has 0 aromatic carbocycles. The summed E-state index contributed by atoms with van der Waals surface area (Å²) in [7, 11) is -4.45. The first-order valence-electron chi connectivity index (χ1n) is 16.9. The van der Waals surface area contributed by atoms with E-state index in [4.69, 9.17) is 19.5 Å². The van der Waals surface area contributed by atoms with Gasteiger partial charge in [0.1, 0.15) is 6.10 Å². The van der Waals surface area contributed by atoms with Crippen molar-refractivity contribution < 1.29 is 33.5 Å². The average molecular weight is 660 g/mol. The minimum atomic E-state index is -4.45. The number of fused-ring (bicyclic) bond motifs is 1. The van der Waals surface area contributed by atoms with Crippen molar-refractivity contribution in [3.8, 4) is 0 Å². The van der Waals surface area contributed by atoms with E-state index >= 15 is 0 Å². The number of imidazole rings is 1. The summed E-state index contributed by atoms with van der Waals surface area (Å²) in [5, 5.41) is 19.7. The second kappa shape index (κ2) is 23.5. The van der Waals surface area contributed by atoms with E-state index in [1.165, 1.54) is 96.2 Å². The molecule has 14 heteroatoms. The monoisotopic (exact) mass is 659 g/mol. The highest BCUT2D eigenvalue weighted by molar-refractivity contribution is 7.47. The molecule has 3 atom stereocenters.